The van der Waals surface area contributed by atoms with E-state index >= 15 is 0 Å². The van der Waals surface area contributed by atoms with Gasteiger partial charge in [-0.1, -0.05) is 27.7 Å². The number of hydrogen-bond donors (Lipinski definition) is 1. The molecule has 0 fully saturated rings. The van der Waals surface area contributed by atoms with E-state index in [0.717, 1.165) is 18.8 Å². The van der Waals surface area contributed by atoms with Crippen molar-refractivity contribution < 1.29 is 0 Å². The molecule has 92 valence electrons. The minimum Gasteiger partial charge on any atom is -0.314 e. The van der Waals surface area contributed by atoms with Gasteiger partial charge in [-0.15, -0.1) is 0 Å². The Labute approximate surface area is 99.2 Å². The van der Waals surface area contributed by atoms with Crippen LogP contribution in [0.2, 0.25) is 0 Å². The minimum absolute atomic E-state index is 0.230. The predicted octanol–water partition coefficient (Wildman–Crippen LogP) is 2.52. The van der Waals surface area contributed by atoms with Crippen LogP contribution in [0.1, 0.15) is 39.1 Å². The highest BCUT2D eigenvalue weighted by atomic mass is 15.3. The molecule has 0 unspecified atom stereocenters. The Hall–Kier alpha value is -0.830. The summed E-state index contributed by atoms with van der Waals surface area (Å²) in [5.41, 5.74) is 2.58. The van der Waals surface area contributed by atoms with Crippen molar-refractivity contribution in [2.24, 2.45) is 5.41 Å². The Morgan fingerprint density at radius 3 is 2.44 bits per heavy atom. The van der Waals surface area contributed by atoms with E-state index in [2.05, 4.69) is 55.8 Å². The first-order valence-corrected chi connectivity index (χ1v) is 6.04. The van der Waals surface area contributed by atoms with Crippen molar-refractivity contribution in [3.05, 3.63) is 17.5 Å². The van der Waals surface area contributed by atoms with Crippen LogP contribution in [0.5, 0.6) is 0 Å². The van der Waals surface area contributed by atoms with Gasteiger partial charge in [-0.3, -0.25) is 4.68 Å². The number of aryl methyl sites for hydroxylation is 2. The van der Waals surface area contributed by atoms with E-state index in [-0.39, 0.29) is 5.41 Å². The van der Waals surface area contributed by atoms with E-state index in [1.807, 2.05) is 6.92 Å². The first-order chi connectivity index (χ1) is 7.30. The van der Waals surface area contributed by atoms with Crippen LogP contribution >= 0.6 is 0 Å². The molecule has 1 aromatic heterocycles. The largest absolute Gasteiger partial charge is 0.314 e. The lowest BCUT2D eigenvalue weighted by Crippen LogP contribution is -2.36. The Kier molecular flexibility index (Phi) is 4.14. The maximum atomic E-state index is 4.51. The molecule has 0 aliphatic rings. The molecule has 0 saturated heterocycles. The number of aromatic nitrogens is 2. The zero-order chi connectivity index (χ0) is 12.3. The van der Waals surface area contributed by atoms with Crippen LogP contribution in [-0.4, -0.2) is 22.4 Å². The zero-order valence-corrected chi connectivity index (χ0v) is 11.5. The van der Waals surface area contributed by atoms with Gasteiger partial charge in [0.15, 0.2) is 0 Å². The average molecular weight is 223 g/mol. The maximum absolute atomic E-state index is 4.51. The third-order valence-corrected chi connectivity index (χ3v) is 2.67. The van der Waals surface area contributed by atoms with Crippen molar-refractivity contribution in [1.29, 1.82) is 0 Å². The molecule has 0 amide bonds. The third-order valence-electron chi connectivity index (χ3n) is 2.67. The maximum Gasteiger partial charge on any atom is 0.0596 e. The second-order valence-corrected chi connectivity index (χ2v) is 5.78. The first-order valence-electron chi connectivity index (χ1n) is 6.04. The molecule has 3 nitrogen and oxygen atoms in total. The Balaban J connectivity index is 2.61. The van der Waals surface area contributed by atoms with Gasteiger partial charge in [-0.05, 0) is 25.3 Å². The zero-order valence-electron chi connectivity index (χ0n) is 11.5. The Morgan fingerprint density at radius 1 is 1.38 bits per heavy atom. The van der Waals surface area contributed by atoms with Crippen molar-refractivity contribution in [3.8, 4) is 0 Å². The minimum atomic E-state index is 0.230. The summed E-state index contributed by atoms with van der Waals surface area (Å²) in [4.78, 5) is 0. The number of rotatable bonds is 5. The summed E-state index contributed by atoms with van der Waals surface area (Å²) in [5, 5.41) is 8.00. The van der Waals surface area contributed by atoms with Crippen molar-refractivity contribution in [2.75, 3.05) is 6.54 Å². The molecule has 1 heterocycles. The topological polar surface area (TPSA) is 29.9 Å². The fourth-order valence-corrected chi connectivity index (χ4v) is 1.78. The van der Waals surface area contributed by atoms with Crippen molar-refractivity contribution in [2.45, 2.75) is 54.1 Å². The number of nitrogens with one attached hydrogen (secondary N) is 1. The predicted molar refractivity (Wildman–Crippen MR) is 68.6 cm³/mol. The second-order valence-electron chi connectivity index (χ2n) is 5.78. The third kappa shape index (κ3) is 3.97. The summed E-state index contributed by atoms with van der Waals surface area (Å²) < 4.78 is 2.11. The van der Waals surface area contributed by atoms with Gasteiger partial charge in [0.05, 0.1) is 5.69 Å². The lowest BCUT2D eigenvalue weighted by molar-refractivity contribution is 0.266. The summed E-state index contributed by atoms with van der Waals surface area (Å²) >= 11 is 0. The van der Waals surface area contributed by atoms with Gasteiger partial charge >= 0.3 is 0 Å². The lowest BCUT2D eigenvalue weighted by Gasteiger charge is -2.26. The van der Waals surface area contributed by atoms with Gasteiger partial charge in [0.2, 0.25) is 0 Å². The van der Waals surface area contributed by atoms with Crippen molar-refractivity contribution >= 4 is 0 Å². The SMILES string of the molecule is Cc1cc(C)n(CC(C)(C)CNC(C)C)n1. The van der Waals surface area contributed by atoms with Crippen LogP contribution in [0.25, 0.3) is 0 Å². The van der Waals surface area contributed by atoms with Crippen LogP contribution in [0.4, 0.5) is 0 Å². The molecule has 0 aliphatic carbocycles. The molecule has 1 rings (SSSR count). The monoisotopic (exact) mass is 223 g/mol. The van der Waals surface area contributed by atoms with E-state index in [1.165, 1.54) is 5.69 Å². The molecule has 0 radical (unpaired) electrons. The van der Waals surface area contributed by atoms with Crippen LogP contribution in [0.3, 0.4) is 0 Å². The van der Waals surface area contributed by atoms with Crippen LogP contribution in [0, 0.1) is 19.3 Å². The molecule has 0 atom stereocenters. The summed E-state index contributed by atoms with van der Waals surface area (Å²) in [5.74, 6) is 0. The summed E-state index contributed by atoms with van der Waals surface area (Å²) in [6, 6.07) is 2.67. The van der Waals surface area contributed by atoms with E-state index in [0.29, 0.717) is 6.04 Å². The molecular weight excluding hydrogens is 198 g/mol. The van der Waals surface area contributed by atoms with Gasteiger partial charge in [-0.25, -0.2) is 0 Å². The molecule has 1 N–H and O–H groups in total. The average Bonchev–Trinajstić information content (AvgIpc) is 2.41. The fourth-order valence-electron chi connectivity index (χ4n) is 1.78. The van der Waals surface area contributed by atoms with Gasteiger partial charge in [0, 0.05) is 24.8 Å². The smallest absolute Gasteiger partial charge is 0.0596 e. The summed E-state index contributed by atoms with van der Waals surface area (Å²) in [7, 11) is 0. The molecular formula is C13H25N3. The number of hydrogen-bond acceptors (Lipinski definition) is 2. The molecule has 0 bridgehead atoms. The van der Waals surface area contributed by atoms with Gasteiger partial charge in [-0.2, -0.15) is 5.10 Å². The molecule has 16 heavy (non-hydrogen) atoms. The lowest BCUT2D eigenvalue weighted by atomic mass is 9.93. The van der Waals surface area contributed by atoms with Gasteiger partial charge < -0.3 is 5.32 Å². The van der Waals surface area contributed by atoms with Crippen LogP contribution in [0.15, 0.2) is 6.07 Å². The molecule has 0 aliphatic heterocycles. The normalized spacial score (nSPS) is 12.4. The molecule has 0 saturated carbocycles. The Morgan fingerprint density at radius 2 is 2.00 bits per heavy atom. The standard InChI is InChI=1S/C13H25N3/c1-10(2)14-8-13(5,6)9-16-12(4)7-11(3)15-16/h7,10,14H,8-9H2,1-6H3. The Bertz CT molecular complexity index is 337. The van der Waals surface area contributed by atoms with Crippen LogP contribution < -0.4 is 5.32 Å². The molecule has 0 aromatic carbocycles. The first kappa shape index (κ1) is 13.2. The van der Waals surface area contributed by atoms with Crippen LogP contribution in [-0.2, 0) is 6.54 Å². The van der Waals surface area contributed by atoms with Gasteiger partial charge in [0.25, 0.3) is 0 Å². The molecule has 1 aromatic rings. The summed E-state index contributed by atoms with van der Waals surface area (Å²) in [6.07, 6.45) is 0. The van der Waals surface area contributed by atoms with E-state index in [9.17, 15) is 0 Å². The van der Waals surface area contributed by atoms with Crippen molar-refractivity contribution in [1.82, 2.24) is 15.1 Å². The number of nitrogens with zero attached hydrogens (tertiary/aromatic N) is 2. The van der Waals surface area contributed by atoms with E-state index in [1.54, 1.807) is 0 Å². The molecule has 3 heteroatoms. The summed E-state index contributed by atoms with van der Waals surface area (Å²) in [6.45, 7) is 15.1. The van der Waals surface area contributed by atoms with E-state index < -0.39 is 0 Å². The highest BCUT2D eigenvalue weighted by molar-refractivity contribution is 5.06. The quantitative estimate of drug-likeness (QED) is 0.831. The van der Waals surface area contributed by atoms with Crippen molar-refractivity contribution in [3.63, 3.8) is 0 Å². The highest BCUT2D eigenvalue weighted by Crippen LogP contribution is 2.18. The second kappa shape index (κ2) is 5.00. The molecule has 0 spiro atoms. The highest BCUT2D eigenvalue weighted by Gasteiger charge is 2.20. The van der Waals surface area contributed by atoms with Gasteiger partial charge in [0.1, 0.15) is 0 Å². The fraction of sp³-hybridized carbons (Fsp3) is 0.769. The van der Waals surface area contributed by atoms with E-state index in [4.69, 9.17) is 0 Å².